The van der Waals surface area contributed by atoms with Gasteiger partial charge >= 0.3 is 11.9 Å². The monoisotopic (exact) mass is 396 g/mol. The Bertz CT molecular complexity index is 687. The molecule has 28 heavy (non-hydrogen) atoms. The zero-order valence-electron chi connectivity index (χ0n) is 15.6. The topological polar surface area (TPSA) is 135 Å². The van der Waals surface area contributed by atoms with Gasteiger partial charge in [-0.15, -0.1) is 0 Å². The Hall–Kier alpha value is -3.01. The number of amides is 1. The molecule has 0 unspecified atom stereocenters. The molecule has 0 bridgehead atoms. The summed E-state index contributed by atoms with van der Waals surface area (Å²) < 4.78 is 16.5. The zero-order valence-corrected chi connectivity index (χ0v) is 15.6. The van der Waals surface area contributed by atoms with Crippen LogP contribution in [0.25, 0.3) is 0 Å². The maximum atomic E-state index is 12.0. The second-order valence-electron chi connectivity index (χ2n) is 6.12. The van der Waals surface area contributed by atoms with Gasteiger partial charge in [-0.05, 0) is 30.5 Å². The largest absolute Gasteiger partial charge is 0.493 e. The molecule has 2 aliphatic rings. The Morgan fingerprint density at radius 3 is 2.36 bits per heavy atom. The van der Waals surface area contributed by atoms with Crippen molar-refractivity contribution in [1.29, 1.82) is 0 Å². The first-order valence-electron chi connectivity index (χ1n) is 8.83. The number of carboxylic acid groups (broad SMARTS) is 2. The molecule has 0 atom stereocenters. The number of rotatable bonds is 5. The molecule has 0 aliphatic carbocycles. The first kappa shape index (κ1) is 21.3. The van der Waals surface area contributed by atoms with Crippen LogP contribution in [-0.2, 0) is 20.9 Å². The number of benzene rings is 1. The number of carbonyl (C=O) groups is 3. The van der Waals surface area contributed by atoms with Crippen molar-refractivity contribution < 1.29 is 38.8 Å². The van der Waals surface area contributed by atoms with Gasteiger partial charge in [0.25, 0.3) is 0 Å². The number of carboxylic acids is 2. The number of likely N-dealkylation sites (tertiary alicyclic amines) is 1. The number of nitrogens with zero attached hydrogens (tertiary/aromatic N) is 1. The number of aliphatic carboxylic acids is 2. The minimum atomic E-state index is -1.82. The number of hydrogen-bond donors (Lipinski definition) is 3. The van der Waals surface area contributed by atoms with Crippen molar-refractivity contribution in [2.75, 3.05) is 40.0 Å². The highest BCUT2D eigenvalue weighted by molar-refractivity contribution is 6.27. The van der Waals surface area contributed by atoms with Crippen molar-refractivity contribution in [2.45, 2.75) is 19.4 Å². The Kier molecular flexibility index (Phi) is 7.88. The van der Waals surface area contributed by atoms with Gasteiger partial charge in [0.15, 0.2) is 11.5 Å². The summed E-state index contributed by atoms with van der Waals surface area (Å²) in [5.74, 6) is -1.45. The van der Waals surface area contributed by atoms with Gasteiger partial charge in [0.05, 0.1) is 13.7 Å². The zero-order chi connectivity index (χ0) is 20.5. The SMILES string of the molecule is COc1cc(CNCC(=O)N2CCCC2)cc2c1OCCO2.O=C(O)C(=O)O. The molecular weight excluding hydrogens is 372 g/mol. The minimum Gasteiger partial charge on any atom is -0.493 e. The average Bonchev–Trinajstić information content (AvgIpc) is 3.22. The predicted molar refractivity (Wildman–Crippen MR) is 96.8 cm³/mol. The molecule has 0 aromatic heterocycles. The molecule has 3 N–H and O–H groups in total. The third kappa shape index (κ3) is 6.02. The van der Waals surface area contributed by atoms with Crippen LogP contribution in [0.3, 0.4) is 0 Å². The van der Waals surface area contributed by atoms with E-state index in [-0.39, 0.29) is 5.91 Å². The summed E-state index contributed by atoms with van der Waals surface area (Å²) in [5, 5.41) is 18.0. The van der Waals surface area contributed by atoms with E-state index in [1.807, 2.05) is 17.0 Å². The van der Waals surface area contributed by atoms with Crippen LogP contribution < -0.4 is 19.5 Å². The molecule has 1 fully saturated rings. The fourth-order valence-electron chi connectivity index (χ4n) is 2.82. The summed E-state index contributed by atoms with van der Waals surface area (Å²) in [5.41, 5.74) is 1.01. The number of methoxy groups -OCH3 is 1. The van der Waals surface area contributed by atoms with Gasteiger partial charge in [-0.1, -0.05) is 0 Å². The molecule has 0 radical (unpaired) electrons. The maximum Gasteiger partial charge on any atom is 0.414 e. The van der Waals surface area contributed by atoms with Crippen molar-refractivity contribution in [1.82, 2.24) is 10.2 Å². The molecule has 1 aromatic rings. The van der Waals surface area contributed by atoms with Crippen LogP contribution in [0.2, 0.25) is 0 Å². The summed E-state index contributed by atoms with van der Waals surface area (Å²) in [4.78, 5) is 32.1. The van der Waals surface area contributed by atoms with Gasteiger partial charge in [0.1, 0.15) is 13.2 Å². The average molecular weight is 396 g/mol. The van der Waals surface area contributed by atoms with E-state index in [9.17, 15) is 4.79 Å². The van der Waals surface area contributed by atoms with Crippen molar-refractivity contribution >= 4 is 17.8 Å². The lowest BCUT2D eigenvalue weighted by Crippen LogP contribution is -2.36. The van der Waals surface area contributed by atoms with E-state index in [1.165, 1.54) is 0 Å². The van der Waals surface area contributed by atoms with Gasteiger partial charge in [-0.25, -0.2) is 9.59 Å². The molecule has 0 spiro atoms. The lowest BCUT2D eigenvalue weighted by atomic mass is 10.1. The molecule has 3 rings (SSSR count). The van der Waals surface area contributed by atoms with E-state index >= 15 is 0 Å². The summed E-state index contributed by atoms with van der Waals surface area (Å²) in [6, 6.07) is 3.85. The van der Waals surface area contributed by atoms with Crippen LogP contribution in [0.1, 0.15) is 18.4 Å². The van der Waals surface area contributed by atoms with Crippen LogP contribution >= 0.6 is 0 Å². The van der Waals surface area contributed by atoms with E-state index in [4.69, 9.17) is 34.0 Å². The Labute approximate surface area is 162 Å². The molecule has 2 aliphatic heterocycles. The number of nitrogens with one attached hydrogen (secondary N) is 1. The summed E-state index contributed by atoms with van der Waals surface area (Å²) in [6.07, 6.45) is 2.23. The third-order valence-electron chi connectivity index (χ3n) is 4.13. The second-order valence-corrected chi connectivity index (χ2v) is 6.12. The normalized spacial score (nSPS) is 14.7. The number of fused-ring (bicyclic) bond motifs is 1. The van der Waals surface area contributed by atoms with E-state index in [1.54, 1.807) is 7.11 Å². The van der Waals surface area contributed by atoms with Crippen LogP contribution in [-0.4, -0.2) is 72.9 Å². The molecule has 10 nitrogen and oxygen atoms in total. The first-order valence-corrected chi connectivity index (χ1v) is 8.83. The Balaban J connectivity index is 0.000000409. The van der Waals surface area contributed by atoms with E-state index in [0.29, 0.717) is 43.6 Å². The number of carbonyl (C=O) groups excluding carboxylic acids is 1. The van der Waals surface area contributed by atoms with Gasteiger partial charge in [0.2, 0.25) is 11.7 Å². The lowest BCUT2D eigenvalue weighted by Gasteiger charge is -2.21. The van der Waals surface area contributed by atoms with Crippen LogP contribution in [0.15, 0.2) is 12.1 Å². The molecular formula is C18H24N2O8. The summed E-state index contributed by atoms with van der Waals surface area (Å²) in [7, 11) is 1.61. The van der Waals surface area contributed by atoms with Crippen molar-refractivity contribution in [2.24, 2.45) is 0 Å². The molecule has 0 saturated carbocycles. The molecule has 2 heterocycles. The summed E-state index contributed by atoms with van der Waals surface area (Å²) >= 11 is 0. The molecule has 1 amide bonds. The summed E-state index contributed by atoms with van der Waals surface area (Å²) in [6.45, 7) is 3.80. The highest BCUT2D eigenvalue weighted by Gasteiger charge is 2.19. The Morgan fingerprint density at radius 1 is 1.11 bits per heavy atom. The van der Waals surface area contributed by atoms with Gasteiger partial charge in [0, 0.05) is 19.6 Å². The third-order valence-corrected chi connectivity index (χ3v) is 4.13. The highest BCUT2D eigenvalue weighted by Crippen LogP contribution is 2.40. The fraction of sp³-hybridized carbons (Fsp3) is 0.500. The van der Waals surface area contributed by atoms with E-state index < -0.39 is 11.9 Å². The standard InChI is InChI=1S/C16H22N2O4.C2H2O4/c1-20-13-8-12(9-14-16(13)22-7-6-21-14)10-17-11-15(19)18-4-2-3-5-18;3-1(4)2(5)6/h8-9,17H,2-7,10-11H2,1H3;(H,3,4)(H,5,6). The van der Waals surface area contributed by atoms with Crippen molar-refractivity contribution in [3.8, 4) is 17.2 Å². The van der Waals surface area contributed by atoms with Crippen LogP contribution in [0, 0.1) is 0 Å². The maximum absolute atomic E-state index is 12.0. The first-order chi connectivity index (χ1) is 13.4. The van der Waals surface area contributed by atoms with Crippen molar-refractivity contribution in [3.63, 3.8) is 0 Å². The molecule has 1 aromatic carbocycles. The Morgan fingerprint density at radius 2 is 1.75 bits per heavy atom. The van der Waals surface area contributed by atoms with Gasteiger partial charge in [-0.2, -0.15) is 0 Å². The van der Waals surface area contributed by atoms with Gasteiger partial charge in [-0.3, -0.25) is 4.79 Å². The predicted octanol–water partition coefficient (Wildman–Crippen LogP) is 0.334. The van der Waals surface area contributed by atoms with Crippen molar-refractivity contribution in [3.05, 3.63) is 17.7 Å². The molecule has 10 heteroatoms. The second kappa shape index (κ2) is 10.4. The lowest BCUT2D eigenvalue weighted by molar-refractivity contribution is -0.159. The van der Waals surface area contributed by atoms with Crippen LogP contribution in [0.4, 0.5) is 0 Å². The molecule has 1 saturated heterocycles. The minimum absolute atomic E-state index is 0.169. The smallest absolute Gasteiger partial charge is 0.414 e. The number of ether oxygens (including phenoxy) is 3. The highest BCUT2D eigenvalue weighted by atomic mass is 16.6. The van der Waals surface area contributed by atoms with E-state index in [0.717, 1.165) is 31.5 Å². The quantitative estimate of drug-likeness (QED) is 0.602. The van der Waals surface area contributed by atoms with Crippen LogP contribution in [0.5, 0.6) is 17.2 Å². The number of hydrogen-bond acceptors (Lipinski definition) is 7. The van der Waals surface area contributed by atoms with E-state index in [2.05, 4.69) is 5.32 Å². The fourth-order valence-corrected chi connectivity index (χ4v) is 2.82. The van der Waals surface area contributed by atoms with Gasteiger partial charge < -0.3 is 34.6 Å². The molecule has 154 valence electrons.